The van der Waals surface area contributed by atoms with Gasteiger partial charge in [0.1, 0.15) is 12.0 Å². The smallest absolute Gasteiger partial charge is 0.331 e. The molecule has 1 aliphatic rings. The van der Waals surface area contributed by atoms with Gasteiger partial charge >= 0.3 is 11.9 Å². The number of methoxy groups -OCH3 is 1. The summed E-state index contributed by atoms with van der Waals surface area (Å²) >= 11 is 0. The molecule has 3 aromatic rings. The van der Waals surface area contributed by atoms with Crippen molar-refractivity contribution in [2.24, 2.45) is 5.92 Å². The van der Waals surface area contributed by atoms with E-state index in [0.29, 0.717) is 25.1 Å². The Morgan fingerprint density at radius 2 is 1.34 bits per heavy atom. The SMILES string of the molecule is COC(=O)[C@@H]1C(C)=CC(=O)O[C@H]1[C@@H](Cc1ccccc1)N(Cc1ccccc1)Cc1ccccc1. The molecule has 0 bridgehead atoms. The highest BCUT2D eigenvalue weighted by Crippen LogP contribution is 2.32. The van der Waals surface area contributed by atoms with Crippen molar-refractivity contribution in [3.05, 3.63) is 119 Å². The maximum absolute atomic E-state index is 12.9. The second-order valence-electron chi connectivity index (χ2n) is 8.92. The molecule has 0 spiro atoms. The quantitative estimate of drug-likeness (QED) is 0.415. The summed E-state index contributed by atoms with van der Waals surface area (Å²) in [6, 6.07) is 30.3. The molecular weight excluding hydrogens is 438 g/mol. The van der Waals surface area contributed by atoms with Crippen LogP contribution < -0.4 is 0 Å². The Morgan fingerprint density at radius 1 is 0.857 bits per heavy atom. The normalized spacial score (nSPS) is 18.5. The third-order valence-electron chi connectivity index (χ3n) is 6.46. The summed E-state index contributed by atoms with van der Waals surface area (Å²) in [4.78, 5) is 27.8. The minimum Gasteiger partial charge on any atom is -0.468 e. The van der Waals surface area contributed by atoms with E-state index in [1.54, 1.807) is 6.92 Å². The predicted octanol–water partition coefficient (Wildman–Crippen LogP) is 4.96. The van der Waals surface area contributed by atoms with Crippen molar-refractivity contribution in [2.45, 2.75) is 38.6 Å². The molecule has 1 heterocycles. The number of esters is 2. The lowest BCUT2D eigenvalue weighted by molar-refractivity contribution is -0.162. The van der Waals surface area contributed by atoms with Gasteiger partial charge in [-0.3, -0.25) is 9.69 Å². The van der Waals surface area contributed by atoms with Crippen LogP contribution in [0.1, 0.15) is 23.6 Å². The minimum absolute atomic E-state index is 0.269. The summed E-state index contributed by atoms with van der Waals surface area (Å²) < 4.78 is 11.1. The van der Waals surface area contributed by atoms with Gasteiger partial charge in [0.2, 0.25) is 0 Å². The van der Waals surface area contributed by atoms with Crippen molar-refractivity contribution >= 4 is 11.9 Å². The van der Waals surface area contributed by atoms with Crippen LogP contribution in [-0.2, 0) is 38.6 Å². The number of hydrogen-bond acceptors (Lipinski definition) is 5. The summed E-state index contributed by atoms with van der Waals surface area (Å²) in [5.74, 6) is -1.49. The number of nitrogens with zero attached hydrogens (tertiary/aromatic N) is 1. The van der Waals surface area contributed by atoms with Crippen molar-refractivity contribution in [3.63, 3.8) is 0 Å². The Kier molecular flexibility index (Phi) is 8.11. The lowest BCUT2D eigenvalue weighted by Gasteiger charge is -2.41. The number of rotatable bonds is 9. The summed E-state index contributed by atoms with van der Waals surface area (Å²) in [6.45, 7) is 3.07. The Balaban J connectivity index is 1.78. The van der Waals surface area contributed by atoms with Gasteiger partial charge in [0, 0.05) is 19.2 Å². The lowest BCUT2D eigenvalue weighted by Crippen LogP contribution is -2.53. The zero-order valence-corrected chi connectivity index (χ0v) is 20.2. The van der Waals surface area contributed by atoms with Crippen LogP contribution in [0.25, 0.3) is 0 Å². The maximum atomic E-state index is 12.9. The van der Waals surface area contributed by atoms with E-state index in [1.165, 1.54) is 13.2 Å². The van der Waals surface area contributed by atoms with Crippen molar-refractivity contribution in [2.75, 3.05) is 7.11 Å². The molecule has 0 amide bonds. The fraction of sp³-hybridized carbons (Fsp3) is 0.267. The third kappa shape index (κ3) is 6.25. The largest absolute Gasteiger partial charge is 0.468 e. The van der Waals surface area contributed by atoms with E-state index in [1.807, 2.05) is 54.6 Å². The van der Waals surface area contributed by atoms with Crippen LogP contribution in [0.5, 0.6) is 0 Å². The summed E-state index contributed by atoms with van der Waals surface area (Å²) in [6.07, 6.45) is 1.32. The molecule has 0 saturated heterocycles. The van der Waals surface area contributed by atoms with Crippen LogP contribution >= 0.6 is 0 Å². The highest BCUT2D eigenvalue weighted by atomic mass is 16.6. The Hall–Kier alpha value is -3.70. The molecule has 1 aliphatic heterocycles. The van der Waals surface area contributed by atoms with Gasteiger partial charge in [-0.15, -0.1) is 0 Å². The zero-order valence-electron chi connectivity index (χ0n) is 20.2. The van der Waals surface area contributed by atoms with Crippen LogP contribution in [0.4, 0.5) is 0 Å². The molecule has 0 fully saturated rings. The summed E-state index contributed by atoms with van der Waals surface area (Å²) in [7, 11) is 1.38. The molecule has 0 aliphatic carbocycles. The zero-order chi connectivity index (χ0) is 24.6. The number of carbonyl (C=O) groups is 2. The molecule has 0 radical (unpaired) electrons. The van der Waals surface area contributed by atoms with E-state index in [-0.39, 0.29) is 6.04 Å². The fourth-order valence-electron chi connectivity index (χ4n) is 4.75. The van der Waals surface area contributed by atoms with Gasteiger partial charge in [-0.05, 0) is 35.6 Å². The van der Waals surface area contributed by atoms with Crippen LogP contribution in [0.2, 0.25) is 0 Å². The average molecular weight is 470 g/mol. The van der Waals surface area contributed by atoms with Crippen LogP contribution in [0, 0.1) is 5.92 Å². The number of hydrogen-bond donors (Lipinski definition) is 0. The number of ether oxygens (including phenoxy) is 2. The number of carbonyl (C=O) groups excluding carboxylic acids is 2. The lowest BCUT2D eigenvalue weighted by atomic mass is 9.84. The second kappa shape index (κ2) is 11.6. The van der Waals surface area contributed by atoms with Crippen LogP contribution in [0.3, 0.4) is 0 Å². The molecule has 5 heteroatoms. The Morgan fingerprint density at radius 3 is 1.83 bits per heavy atom. The maximum Gasteiger partial charge on any atom is 0.331 e. The van der Waals surface area contributed by atoms with Gasteiger partial charge in [-0.1, -0.05) is 91.0 Å². The molecule has 5 nitrogen and oxygen atoms in total. The summed E-state index contributed by atoms with van der Waals surface area (Å²) in [5, 5.41) is 0. The van der Waals surface area contributed by atoms with E-state index in [9.17, 15) is 9.59 Å². The summed E-state index contributed by atoms with van der Waals surface area (Å²) in [5.41, 5.74) is 4.06. The number of cyclic esters (lactones) is 1. The van der Waals surface area contributed by atoms with Gasteiger partial charge in [-0.2, -0.15) is 0 Å². The molecule has 4 rings (SSSR count). The van der Waals surface area contributed by atoms with Crippen LogP contribution in [0.15, 0.2) is 103 Å². The highest BCUT2D eigenvalue weighted by Gasteiger charge is 2.44. The van der Waals surface area contributed by atoms with Gasteiger partial charge < -0.3 is 9.47 Å². The van der Waals surface area contributed by atoms with E-state index >= 15 is 0 Å². The van der Waals surface area contributed by atoms with Gasteiger partial charge in [-0.25, -0.2) is 4.79 Å². The molecule has 0 unspecified atom stereocenters. The first-order valence-corrected chi connectivity index (χ1v) is 11.9. The van der Waals surface area contributed by atoms with Crippen molar-refractivity contribution in [1.82, 2.24) is 4.90 Å². The van der Waals surface area contributed by atoms with Crippen molar-refractivity contribution in [1.29, 1.82) is 0 Å². The highest BCUT2D eigenvalue weighted by molar-refractivity contribution is 5.88. The van der Waals surface area contributed by atoms with Gasteiger partial charge in [0.15, 0.2) is 0 Å². The molecule has 0 saturated carbocycles. The first-order valence-electron chi connectivity index (χ1n) is 11.9. The Labute approximate surface area is 207 Å². The standard InChI is InChI=1S/C30H31NO4/c1-22-18-27(32)35-29(28(22)30(33)34-2)26(19-23-12-6-3-7-13-23)31(20-24-14-8-4-9-15-24)21-25-16-10-5-11-17-25/h3-18,26,28-29H,19-21H2,1-2H3/t26-,28-,29+/m1/s1. The first kappa shape index (κ1) is 24.4. The fourth-order valence-corrected chi connectivity index (χ4v) is 4.75. The number of benzene rings is 3. The topological polar surface area (TPSA) is 55.8 Å². The Bertz CT molecular complexity index is 1100. The van der Waals surface area contributed by atoms with E-state index in [2.05, 4.69) is 41.3 Å². The van der Waals surface area contributed by atoms with E-state index in [0.717, 1.165) is 16.7 Å². The van der Waals surface area contributed by atoms with Crippen molar-refractivity contribution < 1.29 is 19.1 Å². The van der Waals surface area contributed by atoms with Crippen LogP contribution in [-0.4, -0.2) is 36.1 Å². The molecule has 0 aromatic heterocycles. The van der Waals surface area contributed by atoms with E-state index < -0.39 is 24.0 Å². The van der Waals surface area contributed by atoms with Gasteiger partial charge in [0.05, 0.1) is 13.2 Å². The first-order chi connectivity index (χ1) is 17.0. The minimum atomic E-state index is -0.687. The molecule has 3 aromatic carbocycles. The third-order valence-corrected chi connectivity index (χ3v) is 6.46. The monoisotopic (exact) mass is 469 g/mol. The second-order valence-corrected chi connectivity index (χ2v) is 8.92. The molecule has 35 heavy (non-hydrogen) atoms. The predicted molar refractivity (Wildman–Crippen MR) is 135 cm³/mol. The van der Waals surface area contributed by atoms with Crippen molar-refractivity contribution in [3.8, 4) is 0 Å². The molecular formula is C30H31NO4. The average Bonchev–Trinajstić information content (AvgIpc) is 2.88. The molecule has 0 N–H and O–H groups in total. The van der Waals surface area contributed by atoms with E-state index in [4.69, 9.17) is 9.47 Å². The van der Waals surface area contributed by atoms with Gasteiger partial charge in [0.25, 0.3) is 0 Å². The molecule has 180 valence electrons. The molecule has 3 atom stereocenters.